The summed E-state index contributed by atoms with van der Waals surface area (Å²) >= 11 is 9.16. The first-order valence-electron chi connectivity index (χ1n) is 6.10. The summed E-state index contributed by atoms with van der Waals surface area (Å²) in [4.78, 5) is 0. The summed E-state index contributed by atoms with van der Waals surface area (Å²) < 4.78 is 20.3. The Bertz CT molecular complexity index is 577. The Balaban J connectivity index is 2.09. The predicted octanol–water partition coefficient (Wildman–Crippen LogP) is 4.58. The van der Waals surface area contributed by atoms with Crippen molar-refractivity contribution in [2.45, 2.75) is 6.04 Å². The van der Waals surface area contributed by atoms with E-state index in [9.17, 15) is 4.39 Å². The molecule has 0 radical (unpaired) electrons. The van der Waals surface area contributed by atoms with Gasteiger partial charge >= 0.3 is 0 Å². The molecule has 1 N–H and O–H groups in total. The lowest BCUT2D eigenvalue weighted by Crippen LogP contribution is -2.24. The molecule has 106 valence electrons. The molecular weight excluding hydrogens is 345 g/mol. The Morgan fingerprint density at radius 1 is 1.25 bits per heavy atom. The van der Waals surface area contributed by atoms with Crippen LogP contribution in [0.25, 0.3) is 0 Å². The summed E-state index contributed by atoms with van der Waals surface area (Å²) in [6, 6.07) is 11.7. The highest BCUT2D eigenvalue weighted by Gasteiger charge is 2.15. The van der Waals surface area contributed by atoms with E-state index in [1.54, 1.807) is 43.4 Å². The number of hydrogen-bond donors (Lipinski definition) is 1. The molecule has 0 amide bonds. The second-order valence-electron chi connectivity index (χ2n) is 4.27. The SMILES string of the molecule is CNC(COc1ccc(Cl)cc1)c1cc(Br)ccc1F. The van der Waals surface area contributed by atoms with Crippen LogP contribution in [0.2, 0.25) is 5.02 Å². The summed E-state index contributed by atoms with van der Waals surface area (Å²) in [5.41, 5.74) is 0.566. The van der Waals surface area contributed by atoms with Crippen LogP contribution in [0.4, 0.5) is 4.39 Å². The topological polar surface area (TPSA) is 21.3 Å². The Kier molecular flexibility index (Phi) is 5.40. The van der Waals surface area contributed by atoms with Gasteiger partial charge in [-0.3, -0.25) is 0 Å². The zero-order valence-electron chi connectivity index (χ0n) is 10.9. The average molecular weight is 359 g/mol. The predicted molar refractivity (Wildman–Crippen MR) is 82.8 cm³/mol. The van der Waals surface area contributed by atoms with Crippen LogP contribution in [0, 0.1) is 5.82 Å². The Labute approximate surface area is 131 Å². The van der Waals surface area contributed by atoms with Crippen LogP contribution in [-0.4, -0.2) is 13.7 Å². The third kappa shape index (κ3) is 3.95. The molecule has 2 aromatic carbocycles. The molecule has 0 spiro atoms. The van der Waals surface area contributed by atoms with Crippen LogP contribution in [0.3, 0.4) is 0 Å². The zero-order chi connectivity index (χ0) is 14.5. The molecule has 0 saturated heterocycles. The van der Waals surface area contributed by atoms with Crippen LogP contribution in [0.5, 0.6) is 5.75 Å². The summed E-state index contributed by atoms with van der Waals surface area (Å²) in [7, 11) is 1.77. The maximum absolute atomic E-state index is 13.9. The highest BCUT2D eigenvalue weighted by atomic mass is 79.9. The van der Waals surface area contributed by atoms with Crippen molar-refractivity contribution >= 4 is 27.5 Å². The molecule has 5 heteroatoms. The minimum Gasteiger partial charge on any atom is -0.492 e. The van der Waals surface area contributed by atoms with Crippen molar-refractivity contribution in [2.75, 3.05) is 13.7 Å². The normalized spacial score (nSPS) is 12.2. The number of ether oxygens (including phenoxy) is 1. The van der Waals surface area contributed by atoms with E-state index in [1.165, 1.54) is 6.07 Å². The fraction of sp³-hybridized carbons (Fsp3) is 0.200. The largest absolute Gasteiger partial charge is 0.492 e. The van der Waals surface area contributed by atoms with E-state index in [1.807, 2.05) is 0 Å². The van der Waals surface area contributed by atoms with Gasteiger partial charge in [0.2, 0.25) is 0 Å². The molecule has 2 rings (SSSR count). The maximum atomic E-state index is 13.9. The second kappa shape index (κ2) is 7.07. The van der Waals surface area contributed by atoms with E-state index >= 15 is 0 Å². The standard InChI is InChI=1S/C15H14BrClFNO/c1-19-15(13-8-10(16)2-7-14(13)18)9-20-12-5-3-11(17)4-6-12/h2-8,15,19H,9H2,1H3. The van der Waals surface area contributed by atoms with Gasteiger partial charge in [-0.05, 0) is 49.5 Å². The molecule has 20 heavy (non-hydrogen) atoms. The van der Waals surface area contributed by atoms with E-state index in [0.29, 0.717) is 22.9 Å². The first kappa shape index (κ1) is 15.3. The van der Waals surface area contributed by atoms with Crippen LogP contribution < -0.4 is 10.1 Å². The van der Waals surface area contributed by atoms with Gasteiger partial charge in [-0.25, -0.2) is 4.39 Å². The number of rotatable bonds is 5. The number of halogens is 3. The molecule has 2 aromatic rings. The molecule has 0 heterocycles. The molecule has 0 aliphatic heterocycles. The third-order valence-electron chi connectivity index (χ3n) is 2.91. The maximum Gasteiger partial charge on any atom is 0.128 e. The minimum absolute atomic E-state index is 0.233. The van der Waals surface area contributed by atoms with E-state index in [2.05, 4.69) is 21.2 Å². The fourth-order valence-corrected chi connectivity index (χ4v) is 2.33. The number of benzene rings is 2. The van der Waals surface area contributed by atoms with Gasteiger partial charge in [0.25, 0.3) is 0 Å². The van der Waals surface area contributed by atoms with Gasteiger partial charge in [0.1, 0.15) is 18.2 Å². The van der Waals surface area contributed by atoms with Gasteiger partial charge in [0, 0.05) is 15.1 Å². The van der Waals surface area contributed by atoms with Crippen molar-refractivity contribution in [3.63, 3.8) is 0 Å². The Hall–Kier alpha value is -1.10. The molecule has 0 fully saturated rings. The Morgan fingerprint density at radius 3 is 2.60 bits per heavy atom. The summed E-state index contributed by atoms with van der Waals surface area (Å²) in [6.07, 6.45) is 0. The van der Waals surface area contributed by atoms with Gasteiger partial charge < -0.3 is 10.1 Å². The van der Waals surface area contributed by atoms with Crippen molar-refractivity contribution in [1.82, 2.24) is 5.32 Å². The van der Waals surface area contributed by atoms with Crippen molar-refractivity contribution in [1.29, 1.82) is 0 Å². The monoisotopic (exact) mass is 357 g/mol. The molecule has 0 aliphatic rings. The second-order valence-corrected chi connectivity index (χ2v) is 5.62. The smallest absolute Gasteiger partial charge is 0.128 e. The molecule has 2 nitrogen and oxygen atoms in total. The van der Waals surface area contributed by atoms with Crippen molar-refractivity contribution in [3.05, 3.63) is 63.3 Å². The Morgan fingerprint density at radius 2 is 1.95 bits per heavy atom. The lowest BCUT2D eigenvalue weighted by atomic mass is 10.1. The first-order valence-corrected chi connectivity index (χ1v) is 7.28. The quantitative estimate of drug-likeness (QED) is 0.844. The summed E-state index contributed by atoms with van der Waals surface area (Å²) in [5.74, 6) is 0.442. The van der Waals surface area contributed by atoms with Crippen molar-refractivity contribution in [2.24, 2.45) is 0 Å². The van der Waals surface area contributed by atoms with Crippen molar-refractivity contribution in [3.8, 4) is 5.75 Å². The van der Waals surface area contributed by atoms with Crippen LogP contribution in [-0.2, 0) is 0 Å². The van der Waals surface area contributed by atoms with Gasteiger partial charge in [-0.15, -0.1) is 0 Å². The fourth-order valence-electron chi connectivity index (χ4n) is 1.82. The third-order valence-corrected chi connectivity index (χ3v) is 3.66. The summed E-state index contributed by atoms with van der Waals surface area (Å²) in [5, 5.41) is 3.71. The number of nitrogens with one attached hydrogen (secondary N) is 1. The minimum atomic E-state index is -0.257. The van der Waals surface area contributed by atoms with Gasteiger partial charge in [-0.1, -0.05) is 27.5 Å². The zero-order valence-corrected chi connectivity index (χ0v) is 13.2. The molecule has 0 aliphatic carbocycles. The average Bonchev–Trinajstić information content (AvgIpc) is 2.45. The summed E-state index contributed by atoms with van der Waals surface area (Å²) in [6.45, 7) is 0.325. The van der Waals surface area contributed by atoms with E-state index < -0.39 is 0 Å². The molecule has 0 saturated carbocycles. The van der Waals surface area contributed by atoms with Gasteiger partial charge in [-0.2, -0.15) is 0 Å². The van der Waals surface area contributed by atoms with Gasteiger partial charge in [0.05, 0.1) is 6.04 Å². The lowest BCUT2D eigenvalue weighted by Gasteiger charge is -2.18. The molecule has 1 atom stereocenters. The van der Waals surface area contributed by atoms with E-state index in [-0.39, 0.29) is 11.9 Å². The van der Waals surface area contributed by atoms with Crippen molar-refractivity contribution < 1.29 is 9.13 Å². The molecular formula is C15H14BrClFNO. The first-order chi connectivity index (χ1) is 9.60. The number of likely N-dealkylation sites (N-methyl/N-ethyl adjacent to an activating group) is 1. The van der Waals surface area contributed by atoms with Crippen LogP contribution in [0.15, 0.2) is 46.9 Å². The molecule has 1 unspecified atom stereocenters. The highest BCUT2D eigenvalue weighted by Crippen LogP contribution is 2.23. The molecule has 0 aromatic heterocycles. The van der Waals surface area contributed by atoms with Gasteiger partial charge in [0.15, 0.2) is 0 Å². The lowest BCUT2D eigenvalue weighted by molar-refractivity contribution is 0.270. The molecule has 0 bridgehead atoms. The van der Waals surface area contributed by atoms with Crippen LogP contribution in [0.1, 0.15) is 11.6 Å². The number of hydrogen-bond acceptors (Lipinski definition) is 2. The highest BCUT2D eigenvalue weighted by molar-refractivity contribution is 9.10. The van der Waals surface area contributed by atoms with E-state index in [0.717, 1.165) is 4.47 Å². The van der Waals surface area contributed by atoms with E-state index in [4.69, 9.17) is 16.3 Å². The van der Waals surface area contributed by atoms with Crippen LogP contribution >= 0.6 is 27.5 Å².